The van der Waals surface area contributed by atoms with E-state index in [0.717, 1.165) is 12.1 Å². The number of alkyl halides is 3. The highest BCUT2D eigenvalue weighted by atomic mass is 19.4. The highest BCUT2D eigenvalue weighted by Gasteiger charge is 2.41. The van der Waals surface area contributed by atoms with Gasteiger partial charge in [-0.15, -0.1) is 0 Å². The Balaban J connectivity index is 2.15. The second-order valence-electron chi connectivity index (χ2n) is 4.92. The van der Waals surface area contributed by atoms with Crippen molar-refractivity contribution < 1.29 is 22.0 Å². The molecule has 1 aromatic carbocycles. The van der Waals surface area contributed by atoms with Crippen molar-refractivity contribution in [1.82, 2.24) is 0 Å². The summed E-state index contributed by atoms with van der Waals surface area (Å²) in [6.45, 7) is -0.0236. The fraction of sp³-hybridized carbons (Fsp3) is 0.538. The zero-order valence-corrected chi connectivity index (χ0v) is 10.7. The molecule has 1 heterocycles. The lowest BCUT2D eigenvalue weighted by atomic mass is 9.95. The van der Waals surface area contributed by atoms with Crippen LogP contribution in [0.4, 0.5) is 27.6 Å². The third-order valence-electron chi connectivity index (χ3n) is 3.59. The minimum Gasteiger partial charge on any atom is -0.367 e. The molecular formula is C13H15F5N2. The van der Waals surface area contributed by atoms with Crippen molar-refractivity contribution in [1.29, 1.82) is 0 Å². The Bertz CT molecular complexity index is 455. The molecule has 0 radical (unpaired) electrons. The predicted molar refractivity (Wildman–Crippen MR) is 65.2 cm³/mol. The number of hydrogen-bond donors (Lipinski definition) is 1. The van der Waals surface area contributed by atoms with Gasteiger partial charge in [0, 0.05) is 19.6 Å². The fourth-order valence-electron chi connectivity index (χ4n) is 2.47. The predicted octanol–water partition coefficient (Wildman–Crippen LogP) is 3.20. The van der Waals surface area contributed by atoms with Crippen LogP contribution < -0.4 is 10.6 Å². The average molecular weight is 294 g/mol. The van der Waals surface area contributed by atoms with Gasteiger partial charge in [-0.2, -0.15) is 13.2 Å². The van der Waals surface area contributed by atoms with Gasteiger partial charge < -0.3 is 10.6 Å². The number of anilines is 1. The average Bonchev–Trinajstić information content (AvgIpc) is 2.37. The van der Waals surface area contributed by atoms with Gasteiger partial charge in [-0.3, -0.25) is 0 Å². The van der Waals surface area contributed by atoms with E-state index >= 15 is 0 Å². The van der Waals surface area contributed by atoms with E-state index in [2.05, 4.69) is 0 Å². The topological polar surface area (TPSA) is 29.3 Å². The second kappa shape index (κ2) is 5.55. The Labute approximate surface area is 113 Å². The summed E-state index contributed by atoms with van der Waals surface area (Å²) in [7, 11) is 0. The Morgan fingerprint density at radius 3 is 2.00 bits per heavy atom. The molecule has 0 atom stereocenters. The van der Waals surface area contributed by atoms with Gasteiger partial charge in [0.1, 0.15) is 17.3 Å². The number of nitrogens with two attached hydrogens (primary N) is 1. The van der Waals surface area contributed by atoms with E-state index < -0.39 is 23.7 Å². The Morgan fingerprint density at radius 1 is 1.10 bits per heavy atom. The van der Waals surface area contributed by atoms with Crippen molar-refractivity contribution in [3.63, 3.8) is 0 Å². The van der Waals surface area contributed by atoms with Crippen LogP contribution in [0.25, 0.3) is 0 Å². The molecule has 1 saturated heterocycles. The number of halogens is 5. The maximum atomic E-state index is 13.9. The van der Waals surface area contributed by atoms with Crippen molar-refractivity contribution in [3.8, 4) is 0 Å². The molecule has 0 saturated carbocycles. The highest BCUT2D eigenvalue weighted by molar-refractivity contribution is 5.51. The largest absolute Gasteiger partial charge is 0.391 e. The molecule has 0 amide bonds. The lowest BCUT2D eigenvalue weighted by Crippen LogP contribution is -2.39. The van der Waals surface area contributed by atoms with E-state index in [4.69, 9.17) is 5.73 Å². The van der Waals surface area contributed by atoms with E-state index in [-0.39, 0.29) is 38.2 Å². The van der Waals surface area contributed by atoms with Gasteiger partial charge in [0.2, 0.25) is 0 Å². The first-order chi connectivity index (χ1) is 9.32. The van der Waals surface area contributed by atoms with Gasteiger partial charge in [0.25, 0.3) is 0 Å². The summed E-state index contributed by atoms with van der Waals surface area (Å²) < 4.78 is 65.4. The molecule has 1 aliphatic heterocycles. The fourth-order valence-corrected chi connectivity index (χ4v) is 2.47. The Hall–Kier alpha value is -1.37. The maximum absolute atomic E-state index is 13.9. The maximum Gasteiger partial charge on any atom is 0.391 e. The molecular weight excluding hydrogens is 279 g/mol. The van der Waals surface area contributed by atoms with Gasteiger partial charge in [-0.25, -0.2) is 8.78 Å². The quantitative estimate of drug-likeness (QED) is 0.849. The van der Waals surface area contributed by atoms with Crippen LogP contribution in [0.1, 0.15) is 18.4 Å². The van der Waals surface area contributed by atoms with Gasteiger partial charge in [0.05, 0.1) is 5.92 Å². The molecule has 20 heavy (non-hydrogen) atoms. The van der Waals surface area contributed by atoms with Crippen molar-refractivity contribution in [2.75, 3.05) is 18.0 Å². The Kier molecular flexibility index (Phi) is 4.17. The SMILES string of the molecule is NCc1cc(F)c(N2CCC(C(F)(F)F)CC2)c(F)c1. The molecule has 1 aliphatic rings. The summed E-state index contributed by atoms with van der Waals surface area (Å²) >= 11 is 0. The summed E-state index contributed by atoms with van der Waals surface area (Å²) in [6.07, 6.45) is -4.55. The number of benzene rings is 1. The normalized spacial score (nSPS) is 17.6. The number of nitrogens with zero attached hydrogens (tertiary/aromatic N) is 1. The van der Waals surface area contributed by atoms with Gasteiger partial charge in [-0.1, -0.05) is 0 Å². The van der Waals surface area contributed by atoms with Crippen LogP contribution in [0.15, 0.2) is 12.1 Å². The van der Waals surface area contributed by atoms with E-state index in [1.807, 2.05) is 0 Å². The number of hydrogen-bond acceptors (Lipinski definition) is 2. The van der Waals surface area contributed by atoms with Crippen molar-refractivity contribution in [3.05, 3.63) is 29.3 Å². The molecule has 1 aromatic rings. The first-order valence-corrected chi connectivity index (χ1v) is 6.32. The van der Waals surface area contributed by atoms with Gasteiger partial charge in [-0.05, 0) is 30.5 Å². The zero-order valence-electron chi connectivity index (χ0n) is 10.7. The molecule has 2 rings (SSSR count). The molecule has 2 nitrogen and oxygen atoms in total. The second-order valence-corrected chi connectivity index (χ2v) is 4.92. The monoisotopic (exact) mass is 294 g/mol. The summed E-state index contributed by atoms with van der Waals surface area (Å²) in [5.41, 5.74) is 5.36. The summed E-state index contributed by atoms with van der Waals surface area (Å²) in [5, 5.41) is 0. The van der Waals surface area contributed by atoms with Crippen LogP contribution >= 0.6 is 0 Å². The number of piperidine rings is 1. The molecule has 0 bridgehead atoms. The summed E-state index contributed by atoms with van der Waals surface area (Å²) in [5.74, 6) is -2.96. The van der Waals surface area contributed by atoms with Crippen LogP contribution in [0.3, 0.4) is 0 Å². The number of rotatable bonds is 2. The molecule has 0 unspecified atom stereocenters. The third kappa shape index (κ3) is 3.03. The molecule has 1 fully saturated rings. The molecule has 0 aliphatic carbocycles. The lowest BCUT2D eigenvalue weighted by molar-refractivity contribution is -0.179. The van der Waals surface area contributed by atoms with E-state index in [1.54, 1.807) is 0 Å². The van der Waals surface area contributed by atoms with Crippen molar-refractivity contribution >= 4 is 5.69 Å². The summed E-state index contributed by atoms with van der Waals surface area (Å²) in [4.78, 5) is 1.33. The van der Waals surface area contributed by atoms with Crippen molar-refractivity contribution in [2.45, 2.75) is 25.6 Å². The van der Waals surface area contributed by atoms with E-state index in [9.17, 15) is 22.0 Å². The van der Waals surface area contributed by atoms with Crippen LogP contribution in [0, 0.1) is 17.6 Å². The van der Waals surface area contributed by atoms with Gasteiger partial charge >= 0.3 is 6.18 Å². The van der Waals surface area contributed by atoms with Crippen LogP contribution in [0.2, 0.25) is 0 Å². The minimum atomic E-state index is -4.24. The molecule has 0 aromatic heterocycles. The zero-order chi connectivity index (χ0) is 14.9. The Morgan fingerprint density at radius 2 is 1.60 bits per heavy atom. The lowest BCUT2D eigenvalue weighted by Gasteiger charge is -2.34. The smallest absolute Gasteiger partial charge is 0.367 e. The molecule has 0 spiro atoms. The van der Waals surface area contributed by atoms with Crippen LogP contribution in [-0.4, -0.2) is 19.3 Å². The van der Waals surface area contributed by atoms with Crippen LogP contribution in [0.5, 0.6) is 0 Å². The van der Waals surface area contributed by atoms with Crippen LogP contribution in [-0.2, 0) is 6.54 Å². The standard InChI is InChI=1S/C13H15F5N2/c14-10-5-8(7-19)6-11(15)12(10)20-3-1-9(2-4-20)13(16,17)18/h5-6,9H,1-4,7,19H2. The molecule has 2 N–H and O–H groups in total. The first-order valence-electron chi connectivity index (χ1n) is 6.32. The van der Waals surface area contributed by atoms with Gasteiger partial charge in [0.15, 0.2) is 0 Å². The van der Waals surface area contributed by atoms with E-state index in [1.165, 1.54) is 4.90 Å². The first kappa shape index (κ1) is 15.0. The molecule has 112 valence electrons. The van der Waals surface area contributed by atoms with Crippen molar-refractivity contribution in [2.24, 2.45) is 11.7 Å². The highest BCUT2D eigenvalue weighted by Crippen LogP contribution is 2.36. The molecule has 7 heteroatoms. The summed E-state index contributed by atoms with van der Waals surface area (Å²) in [6, 6.07) is 2.24. The van der Waals surface area contributed by atoms with E-state index in [0.29, 0.717) is 5.56 Å². The third-order valence-corrected chi connectivity index (χ3v) is 3.59. The minimum absolute atomic E-state index is 0.00423.